The fraction of sp³-hybridized carbons (Fsp3) is 0.214. The first-order valence-electron chi connectivity index (χ1n) is 5.71. The molecule has 1 aromatic carbocycles. The van der Waals surface area contributed by atoms with Crippen molar-refractivity contribution in [3.05, 3.63) is 62.5 Å². The Hall–Kier alpha value is -1.58. The van der Waals surface area contributed by atoms with Crippen molar-refractivity contribution in [1.29, 1.82) is 0 Å². The van der Waals surface area contributed by atoms with E-state index in [2.05, 4.69) is 0 Å². The molecule has 1 aromatic heterocycles. The van der Waals surface area contributed by atoms with Crippen molar-refractivity contribution >= 4 is 11.6 Å². The van der Waals surface area contributed by atoms with Crippen molar-refractivity contribution in [3.8, 4) is 5.69 Å². The zero-order valence-corrected chi connectivity index (χ0v) is 11.2. The van der Waals surface area contributed by atoms with E-state index < -0.39 is 0 Å². The molecule has 2 rings (SSSR count). The summed E-state index contributed by atoms with van der Waals surface area (Å²) in [5, 5.41) is 0.708. The van der Waals surface area contributed by atoms with Gasteiger partial charge in [-0.1, -0.05) is 17.7 Å². The van der Waals surface area contributed by atoms with Crippen LogP contribution in [-0.4, -0.2) is 4.57 Å². The minimum Gasteiger partial charge on any atom is -0.326 e. The van der Waals surface area contributed by atoms with Crippen molar-refractivity contribution in [1.82, 2.24) is 4.57 Å². The summed E-state index contributed by atoms with van der Waals surface area (Å²) in [6.45, 7) is 4.07. The van der Waals surface area contributed by atoms with Crippen LogP contribution >= 0.6 is 11.6 Å². The minimum absolute atomic E-state index is 0.0236. The summed E-state index contributed by atoms with van der Waals surface area (Å²) in [7, 11) is 0. The molecule has 0 aliphatic rings. The van der Waals surface area contributed by atoms with E-state index in [9.17, 15) is 4.79 Å². The minimum atomic E-state index is -0.0236. The number of aryl methyl sites for hydroxylation is 2. The van der Waals surface area contributed by atoms with Crippen LogP contribution in [0.2, 0.25) is 5.02 Å². The third-order valence-corrected chi connectivity index (χ3v) is 3.38. The van der Waals surface area contributed by atoms with Gasteiger partial charge in [0.15, 0.2) is 5.43 Å². The Morgan fingerprint density at radius 1 is 1.28 bits per heavy atom. The van der Waals surface area contributed by atoms with Gasteiger partial charge in [-0.15, -0.1) is 0 Å². The van der Waals surface area contributed by atoms with E-state index >= 15 is 0 Å². The van der Waals surface area contributed by atoms with Crippen molar-refractivity contribution in [2.45, 2.75) is 20.4 Å². The van der Waals surface area contributed by atoms with Gasteiger partial charge in [0.05, 0.1) is 0 Å². The maximum atomic E-state index is 11.7. The Kier molecular flexibility index (Phi) is 3.55. The van der Waals surface area contributed by atoms with E-state index in [1.165, 1.54) is 0 Å². The quantitative estimate of drug-likeness (QED) is 0.904. The molecular formula is C14H15ClN2O. The molecule has 1 heterocycles. The van der Waals surface area contributed by atoms with Gasteiger partial charge in [0.2, 0.25) is 0 Å². The van der Waals surface area contributed by atoms with Crippen LogP contribution < -0.4 is 11.2 Å². The lowest BCUT2D eigenvalue weighted by Crippen LogP contribution is -2.16. The molecule has 94 valence electrons. The van der Waals surface area contributed by atoms with Crippen LogP contribution in [0.15, 0.2) is 35.3 Å². The first-order valence-corrected chi connectivity index (χ1v) is 6.09. The molecule has 0 aliphatic heterocycles. The monoisotopic (exact) mass is 262 g/mol. The van der Waals surface area contributed by atoms with Gasteiger partial charge in [-0.05, 0) is 31.5 Å². The predicted octanol–water partition coefficient (Wildman–Crippen LogP) is 2.57. The summed E-state index contributed by atoms with van der Waals surface area (Å²) in [5.41, 5.74) is 8.95. The second-order valence-electron chi connectivity index (χ2n) is 4.31. The van der Waals surface area contributed by atoms with Gasteiger partial charge >= 0.3 is 0 Å². The average Bonchev–Trinajstić information content (AvgIpc) is 2.33. The highest BCUT2D eigenvalue weighted by molar-refractivity contribution is 6.31. The Labute approximate surface area is 111 Å². The van der Waals surface area contributed by atoms with E-state index in [1.54, 1.807) is 12.3 Å². The highest BCUT2D eigenvalue weighted by Crippen LogP contribution is 2.20. The maximum Gasteiger partial charge on any atom is 0.186 e. The number of aromatic nitrogens is 1. The molecule has 2 aromatic rings. The number of nitrogens with zero attached hydrogens (tertiary/aromatic N) is 1. The predicted molar refractivity (Wildman–Crippen MR) is 74.4 cm³/mol. The summed E-state index contributed by atoms with van der Waals surface area (Å²) in [6, 6.07) is 7.40. The molecule has 2 N–H and O–H groups in total. The molecule has 0 unspecified atom stereocenters. The Morgan fingerprint density at radius 3 is 2.61 bits per heavy atom. The Morgan fingerprint density at radius 2 is 2.00 bits per heavy atom. The number of hydrogen-bond donors (Lipinski definition) is 1. The molecule has 0 amide bonds. The highest BCUT2D eigenvalue weighted by Gasteiger charge is 2.05. The SMILES string of the molecule is Cc1ccc(-n2cc(CN)c(=O)cc2C)cc1Cl. The molecule has 18 heavy (non-hydrogen) atoms. The van der Waals surface area contributed by atoms with Crippen LogP contribution in [0.25, 0.3) is 5.69 Å². The molecule has 0 bridgehead atoms. The lowest BCUT2D eigenvalue weighted by molar-refractivity contribution is 0.922. The number of halogens is 1. The second-order valence-corrected chi connectivity index (χ2v) is 4.72. The fourth-order valence-electron chi connectivity index (χ4n) is 1.84. The smallest absolute Gasteiger partial charge is 0.186 e. The summed E-state index contributed by atoms with van der Waals surface area (Å²) in [4.78, 5) is 11.7. The first kappa shape index (κ1) is 12.9. The van der Waals surface area contributed by atoms with Crippen molar-refractivity contribution in [2.75, 3.05) is 0 Å². The van der Waals surface area contributed by atoms with Gasteiger partial charge in [0.25, 0.3) is 0 Å². The van der Waals surface area contributed by atoms with Crippen LogP contribution in [0, 0.1) is 13.8 Å². The molecule has 0 atom stereocenters. The fourth-order valence-corrected chi connectivity index (χ4v) is 2.01. The Bertz CT molecular complexity index is 647. The van der Waals surface area contributed by atoms with Crippen molar-refractivity contribution in [3.63, 3.8) is 0 Å². The average molecular weight is 263 g/mol. The van der Waals surface area contributed by atoms with Crippen LogP contribution in [-0.2, 0) is 6.54 Å². The lowest BCUT2D eigenvalue weighted by atomic mass is 10.2. The molecule has 3 nitrogen and oxygen atoms in total. The zero-order chi connectivity index (χ0) is 13.3. The van der Waals surface area contributed by atoms with Gasteiger partial charge in [0.1, 0.15) is 0 Å². The molecule has 0 spiro atoms. The maximum absolute atomic E-state index is 11.7. The third-order valence-electron chi connectivity index (χ3n) is 2.97. The number of nitrogens with two attached hydrogens (primary N) is 1. The zero-order valence-electron chi connectivity index (χ0n) is 10.4. The molecule has 0 fully saturated rings. The lowest BCUT2D eigenvalue weighted by Gasteiger charge is -2.13. The third kappa shape index (κ3) is 2.33. The van der Waals surface area contributed by atoms with Crippen LogP contribution in [0.1, 0.15) is 16.8 Å². The van der Waals surface area contributed by atoms with E-state index in [0.29, 0.717) is 10.6 Å². The van der Waals surface area contributed by atoms with Crippen LogP contribution in [0.5, 0.6) is 0 Å². The number of rotatable bonds is 2. The van der Waals surface area contributed by atoms with Gasteiger partial charge in [-0.25, -0.2) is 0 Å². The standard InChI is InChI=1S/C14H15ClN2O/c1-9-3-4-12(6-13(9)15)17-8-11(7-16)14(18)5-10(17)2/h3-6,8H,7,16H2,1-2H3. The summed E-state index contributed by atoms with van der Waals surface area (Å²) >= 11 is 6.12. The summed E-state index contributed by atoms with van der Waals surface area (Å²) < 4.78 is 1.93. The van der Waals surface area contributed by atoms with Gasteiger partial charge in [0, 0.05) is 40.8 Å². The molecule has 0 aliphatic carbocycles. The normalized spacial score (nSPS) is 10.7. The summed E-state index contributed by atoms with van der Waals surface area (Å²) in [6.07, 6.45) is 1.78. The van der Waals surface area contributed by atoms with Crippen LogP contribution in [0.4, 0.5) is 0 Å². The van der Waals surface area contributed by atoms with Crippen molar-refractivity contribution in [2.24, 2.45) is 5.73 Å². The number of benzene rings is 1. The molecule has 0 radical (unpaired) electrons. The van der Waals surface area contributed by atoms with E-state index in [-0.39, 0.29) is 12.0 Å². The van der Waals surface area contributed by atoms with Gasteiger partial charge in [-0.3, -0.25) is 4.79 Å². The molecular weight excluding hydrogens is 248 g/mol. The summed E-state index contributed by atoms with van der Waals surface area (Å²) in [5.74, 6) is 0. The van der Waals surface area contributed by atoms with E-state index in [0.717, 1.165) is 16.9 Å². The van der Waals surface area contributed by atoms with Crippen molar-refractivity contribution < 1.29 is 0 Å². The highest BCUT2D eigenvalue weighted by atomic mass is 35.5. The number of pyridine rings is 1. The first-order chi connectivity index (χ1) is 8.52. The van der Waals surface area contributed by atoms with Crippen LogP contribution in [0.3, 0.4) is 0 Å². The molecule has 0 saturated carbocycles. The van der Waals surface area contributed by atoms with Gasteiger partial charge in [-0.2, -0.15) is 0 Å². The second kappa shape index (κ2) is 4.96. The molecule has 4 heteroatoms. The molecule has 0 saturated heterocycles. The topological polar surface area (TPSA) is 48.0 Å². The van der Waals surface area contributed by atoms with E-state index in [1.807, 2.05) is 36.6 Å². The largest absolute Gasteiger partial charge is 0.326 e. The van der Waals surface area contributed by atoms with E-state index in [4.69, 9.17) is 17.3 Å². The Balaban J connectivity index is 2.63. The number of hydrogen-bond acceptors (Lipinski definition) is 2. The van der Waals surface area contributed by atoms with Gasteiger partial charge < -0.3 is 10.3 Å².